The van der Waals surface area contributed by atoms with Crippen molar-refractivity contribution in [2.75, 3.05) is 11.9 Å². The van der Waals surface area contributed by atoms with E-state index in [0.29, 0.717) is 11.1 Å². The zero-order valence-electron chi connectivity index (χ0n) is 15.1. The summed E-state index contributed by atoms with van der Waals surface area (Å²) >= 11 is 0.848. The van der Waals surface area contributed by atoms with Gasteiger partial charge in [0.15, 0.2) is 9.34 Å². The molecule has 0 fully saturated rings. The van der Waals surface area contributed by atoms with Crippen LogP contribution in [0.2, 0.25) is 0 Å². The van der Waals surface area contributed by atoms with Crippen LogP contribution in [0.5, 0.6) is 0 Å². The van der Waals surface area contributed by atoms with Crippen LogP contribution in [-0.2, 0) is 21.2 Å². The van der Waals surface area contributed by atoms with E-state index in [1.807, 2.05) is 0 Å². The molecule has 0 atom stereocenters. The number of aromatic nitrogens is 2. The minimum absolute atomic E-state index is 0.0640. The van der Waals surface area contributed by atoms with Crippen molar-refractivity contribution < 1.29 is 17.6 Å². The monoisotopic (exact) mass is 420 g/mol. The first-order valence-electron chi connectivity index (χ1n) is 8.12. The molecule has 28 heavy (non-hydrogen) atoms. The lowest BCUT2D eigenvalue weighted by Gasteiger charge is -2.14. The van der Waals surface area contributed by atoms with Crippen molar-refractivity contribution in [3.63, 3.8) is 0 Å². The van der Waals surface area contributed by atoms with Gasteiger partial charge in [-0.25, -0.2) is 22.9 Å². The summed E-state index contributed by atoms with van der Waals surface area (Å²) in [6, 6.07) is 8.52. The number of benzene rings is 1. The fraction of sp³-hybridized carbons (Fsp3) is 0.167. The third-order valence-electron chi connectivity index (χ3n) is 4.05. The Morgan fingerprint density at radius 2 is 1.93 bits per heavy atom. The van der Waals surface area contributed by atoms with Crippen molar-refractivity contribution in [1.29, 1.82) is 0 Å². The van der Waals surface area contributed by atoms with Crippen molar-refractivity contribution in [1.82, 2.24) is 9.97 Å². The first kappa shape index (κ1) is 20.1. The smallest absolute Gasteiger partial charge is 0.249 e. The number of hydrogen-bond acceptors (Lipinski definition) is 6. The Hall–Kier alpha value is -2.69. The van der Waals surface area contributed by atoms with E-state index in [1.165, 1.54) is 25.1 Å². The third-order valence-corrected chi connectivity index (χ3v) is 6.84. The molecule has 0 spiro atoms. The molecule has 0 bridgehead atoms. The van der Waals surface area contributed by atoms with Crippen LogP contribution in [0, 0.1) is 12.7 Å². The quantitative estimate of drug-likeness (QED) is 0.683. The van der Waals surface area contributed by atoms with E-state index in [0.717, 1.165) is 23.1 Å². The van der Waals surface area contributed by atoms with Gasteiger partial charge in [-0.15, -0.1) is 0 Å². The number of carbonyl (C=O) groups excluding carboxylic acids is 1. The van der Waals surface area contributed by atoms with E-state index in [4.69, 9.17) is 5.14 Å². The van der Waals surface area contributed by atoms with Crippen LogP contribution >= 0.6 is 11.3 Å². The highest BCUT2D eigenvalue weighted by Crippen LogP contribution is 2.29. The van der Waals surface area contributed by atoms with Gasteiger partial charge >= 0.3 is 0 Å². The van der Waals surface area contributed by atoms with Crippen molar-refractivity contribution in [3.05, 3.63) is 59.8 Å². The molecule has 3 rings (SSSR count). The Labute approximate surface area is 165 Å². The second-order valence-electron chi connectivity index (χ2n) is 6.10. The predicted molar refractivity (Wildman–Crippen MR) is 105 cm³/mol. The molecular formula is C18H17FN4O3S2. The lowest BCUT2D eigenvalue weighted by molar-refractivity contribution is -0.117. The Balaban J connectivity index is 1.75. The lowest BCUT2D eigenvalue weighted by Crippen LogP contribution is -2.27. The number of hydrogen-bond donors (Lipinski definition) is 1. The number of rotatable bonds is 5. The molecule has 2 aromatic heterocycles. The van der Waals surface area contributed by atoms with Crippen molar-refractivity contribution in [3.8, 4) is 11.1 Å². The highest BCUT2D eigenvalue weighted by Gasteiger charge is 2.22. The third kappa shape index (κ3) is 4.24. The first-order chi connectivity index (χ1) is 13.2. The van der Waals surface area contributed by atoms with Gasteiger partial charge in [0.1, 0.15) is 5.82 Å². The largest absolute Gasteiger partial charge is 0.291 e. The molecule has 2 heterocycles. The predicted octanol–water partition coefficient (Wildman–Crippen LogP) is 2.51. The summed E-state index contributed by atoms with van der Waals surface area (Å²) in [6.07, 6.45) is 2.74. The molecule has 146 valence electrons. The first-order valence-corrected chi connectivity index (χ1v) is 10.5. The average Bonchev–Trinajstić information content (AvgIpc) is 3.04. The maximum absolute atomic E-state index is 13.8. The maximum Gasteiger partial charge on any atom is 0.249 e. The molecule has 7 nitrogen and oxygen atoms in total. The van der Waals surface area contributed by atoms with Crippen LogP contribution in [0.4, 0.5) is 9.52 Å². The van der Waals surface area contributed by atoms with Crippen LogP contribution in [0.1, 0.15) is 11.3 Å². The number of pyridine rings is 1. The summed E-state index contributed by atoms with van der Waals surface area (Å²) < 4.78 is 36.8. The molecule has 2 N–H and O–H groups in total. The molecule has 1 amide bonds. The number of primary sulfonamides is 1. The van der Waals surface area contributed by atoms with E-state index in [1.54, 1.807) is 30.3 Å². The second-order valence-corrected chi connectivity index (χ2v) is 8.83. The lowest BCUT2D eigenvalue weighted by atomic mass is 10.0. The molecule has 0 aliphatic rings. The average molecular weight is 420 g/mol. The maximum atomic E-state index is 13.8. The van der Waals surface area contributed by atoms with Gasteiger partial charge < -0.3 is 0 Å². The number of aryl methyl sites for hydroxylation is 1. The van der Waals surface area contributed by atoms with E-state index in [-0.39, 0.29) is 27.4 Å². The summed E-state index contributed by atoms with van der Waals surface area (Å²) in [4.78, 5) is 21.7. The van der Waals surface area contributed by atoms with Crippen molar-refractivity contribution in [2.24, 2.45) is 5.14 Å². The number of thiazole rings is 1. The summed E-state index contributed by atoms with van der Waals surface area (Å²) in [5.41, 5.74) is 2.09. The minimum Gasteiger partial charge on any atom is -0.291 e. The number of amides is 1. The number of halogens is 1. The van der Waals surface area contributed by atoms with Crippen LogP contribution < -0.4 is 10.0 Å². The van der Waals surface area contributed by atoms with Gasteiger partial charge in [-0.3, -0.25) is 14.7 Å². The van der Waals surface area contributed by atoms with Gasteiger partial charge in [-0.05, 0) is 24.1 Å². The number of nitrogens with two attached hydrogens (primary N) is 1. The fourth-order valence-electron chi connectivity index (χ4n) is 2.59. The molecular weight excluding hydrogens is 403 g/mol. The Bertz CT molecular complexity index is 1130. The molecule has 0 unspecified atom stereocenters. The minimum atomic E-state index is -3.88. The van der Waals surface area contributed by atoms with Gasteiger partial charge in [0.2, 0.25) is 15.9 Å². The summed E-state index contributed by atoms with van der Waals surface area (Å²) in [5.74, 6) is -0.687. The number of sulfonamides is 1. The molecule has 1 aromatic carbocycles. The molecule has 0 radical (unpaired) electrons. The number of anilines is 1. The van der Waals surface area contributed by atoms with Crippen molar-refractivity contribution >= 4 is 32.4 Å². The summed E-state index contributed by atoms with van der Waals surface area (Å²) in [7, 11) is -2.36. The standard InChI is InChI=1S/C18H17FN4O3S2/c1-11-17(28(20,25)26)27-18(22-11)23(2)16(24)9-12-3-5-13(6-4-12)14-7-8-21-10-15(14)19/h3-8,10H,9H2,1-2H3,(H2,20,25,26). The summed E-state index contributed by atoms with van der Waals surface area (Å²) in [5, 5.41) is 5.40. The van der Waals surface area contributed by atoms with Crippen LogP contribution in [0.3, 0.4) is 0 Å². The van der Waals surface area contributed by atoms with Gasteiger partial charge in [-0.2, -0.15) is 0 Å². The van der Waals surface area contributed by atoms with Crippen LogP contribution in [0.15, 0.2) is 46.9 Å². The molecule has 0 saturated heterocycles. The second kappa shape index (κ2) is 7.74. The van der Waals surface area contributed by atoms with Crippen LogP contribution in [-0.4, -0.2) is 31.3 Å². The molecule has 0 aliphatic heterocycles. The number of carbonyl (C=O) groups is 1. The van der Waals surface area contributed by atoms with Crippen molar-refractivity contribution in [2.45, 2.75) is 17.6 Å². The van der Waals surface area contributed by atoms with E-state index >= 15 is 0 Å². The highest BCUT2D eigenvalue weighted by molar-refractivity contribution is 7.91. The molecule has 3 aromatic rings. The molecule has 0 aliphatic carbocycles. The zero-order chi connectivity index (χ0) is 20.5. The molecule has 0 saturated carbocycles. The Morgan fingerprint density at radius 1 is 1.25 bits per heavy atom. The van der Waals surface area contributed by atoms with Gasteiger partial charge in [0.05, 0.1) is 18.3 Å². The molecule has 10 heteroatoms. The Kier molecular flexibility index (Phi) is 5.54. The van der Waals surface area contributed by atoms with Gasteiger partial charge in [0.25, 0.3) is 0 Å². The number of likely N-dealkylation sites (N-methyl/N-ethyl adjacent to an activating group) is 1. The fourth-order valence-corrected chi connectivity index (χ4v) is 4.51. The van der Waals surface area contributed by atoms with E-state index in [9.17, 15) is 17.6 Å². The van der Waals surface area contributed by atoms with E-state index in [2.05, 4.69) is 9.97 Å². The Morgan fingerprint density at radius 3 is 2.50 bits per heavy atom. The van der Waals surface area contributed by atoms with E-state index < -0.39 is 15.8 Å². The topological polar surface area (TPSA) is 106 Å². The van der Waals surface area contributed by atoms with Crippen LogP contribution in [0.25, 0.3) is 11.1 Å². The summed E-state index contributed by atoms with van der Waals surface area (Å²) in [6.45, 7) is 1.52. The SMILES string of the molecule is Cc1nc(N(C)C(=O)Cc2ccc(-c3ccncc3F)cc2)sc1S(N)(=O)=O. The van der Waals surface area contributed by atoms with Gasteiger partial charge in [-0.1, -0.05) is 35.6 Å². The highest BCUT2D eigenvalue weighted by atomic mass is 32.2. The zero-order valence-corrected chi connectivity index (χ0v) is 16.7. The number of nitrogens with zero attached hydrogens (tertiary/aromatic N) is 3. The normalized spacial score (nSPS) is 11.4. The van der Waals surface area contributed by atoms with Gasteiger partial charge in [0, 0.05) is 18.8 Å².